The third-order valence-corrected chi connectivity index (χ3v) is 3.55. The zero-order valence-corrected chi connectivity index (χ0v) is 13.3. The van der Waals surface area contributed by atoms with E-state index in [9.17, 15) is 4.79 Å². The standard InChI is InChI=1S/C16H25N3O2/c1-12-9-19(10-13(2)21-12)11-14-7-5-6-8-15(14)17-16(20)18(3)4/h5-8,12-13H,9-11H2,1-4H3,(H,17,20)/t12-,13-/m1/s1. The van der Waals surface area contributed by atoms with Crippen LogP contribution < -0.4 is 5.32 Å². The number of rotatable bonds is 3. The van der Waals surface area contributed by atoms with Gasteiger partial charge in [-0.3, -0.25) is 4.90 Å². The van der Waals surface area contributed by atoms with Crippen LogP contribution in [0.3, 0.4) is 0 Å². The molecule has 1 N–H and O–H groups in total. The predicted octanol–water partition coefficient (Wildman–Crippen LogP) is 2.39. The normalized spacial score (nSPS) is 22.9. The number of carbonyl (C=O) groups excluding carboxylic acids is 1. The van der Waals surface area contributed by atoms with Crippen molar-refractivity contribution in [3.8, 4) is 0 Å². The van der Waals surface area contributed by atoms with Gasteiger partial charge in [0.1, 0.15) is 0 Å². The summed E-state index contributed by atoms with van der Waals surface area (Å²) in [7, 11) is 3.48. The molecule has 0 bridgehead atoms. The Hall–Kier alpha value is -1.59. The highest BCUT2D eigenvalue weighted by Gasteiger charge is 2.22. The minimum Gasteiger partial charge on any atom is -0.373 e. The maximum Gasteiger partial charge on any atom is 0.321 e. The third-order valence-electron chi connectivity index (χ3n) is 3.55. The van der Waals surface area contributed by atoms with Crippen molar-refractivity contribution in [1.29, 1.82) is 0 Å². The molecule has 1 fully saturated rings. The van der Waals surface area contributed by atoms with Crippen LogP contribution in [0.4, 0.5) is 10.5 Å². The van der Waals surface area contributed by atoms with E-state index >= 15 is 0 Å². The van der Waals surface area contributed by atoms with Crippen molar-refractivity contribution in [3.05, 3.63) is 29.8 Å². The molecule has 5 nitrogen and oxygen atoms in total. The van der Waals surface area contributed by atoms with E-state index in [2.05, 4.69) is 30.1 Å². The molecule has 1 aromatic rings. The highest BCUT2D eigenvalue weighted by atomic mass is 16.5. The highest BCUT2D eigenvalue weighted by molar-refractivity contribution is 5.89. The Morgan fingerprint density at radius 1 is 1.29 bits per heavy atom. The van der Waals surface area contributed by atoms with Crippen LogP contribution in [0.15, 0.2) is 24.3 Å². The number of nitrogens with zero attached hydrogens (tertiary/aromatic N) is 2. The molecule has 2 atom stereocenters. The van der Waals surface area contributed by atoms with Gasteiger partial charge in [0.25, 0.3) is 0 Å². The molecule has 0 radical (unpaired) electrons. The van der Waals surface area contributed by atoms with Crippen LogP contribution >= 0.6 is 0 Å². The fourth-order valence-corrected chi connectivity index (χ4v) is 2.66. The Morgan fingerprint density at radius 2 is 1.90 bits per heavy atom. The van der Waals surface area contributed by atoms with E-state index < -0.39 is 0 Å². The zero-order chi connectivity index (χ0) is 15.4. The van der Waals surface area contributed by atoms with Crippen LogP contribution in [0.5, 0.6) is 0 Å². The maximum absolute atomic E-state index is 11.8. The molecule has 0 unspecified atom stereocenters. The summed E-state index contributed by atoms with van der Waals surface area (Å²) in [6.45, 7) is 6.85. The van der Waals surface area contributed by atoms with Gasteiger partial charge in [0.2, 0.25) is 0 Å². The van der Waals surface area contributed by atoms with E-state index in [1.165, 1.54) is 4.90 Å². The van der Waals surface area contributed by atoms with Gasteiger partial charge in [-0.1, -0.05) is 18.2 Å². The molecule has 1 saturated heterocycles. The number of hydrogen-bond donors (Lipinski definition) is 1. The maximum atomic E-state index is 11.8. The lowest BCUT2D eigenvalue weighted by molar-refractivity contribution is -0.0704. The van der Waals surface area contributed by atoms with E-state index in [4.69, 9.17) is 4.74 Å². The van der Waals surface area contributed by atoms with Crippen LogP contribution in [0.1, 0.15) is 19.4 Å². The Morgan fingerprint density at radius 3 is 2.52 bits per heavy atom. The van der Waals surface area contributed by atoms with Crippen molar-refractivity contribution in [2.24, 2.45) is 0 Å². The number of para-hydroxylation sites is 1. The quantitative estimate of drug-likeness (QED) is 0.930. The number of morpholine rings is 1. The van der Waals surface area contributed by atoms with Gasteiger partial charge < -0.3 is 15.0 Å². The monoisotopic (exact) mass is 291 g/mol. The molecule has 0 spiro atoms. The van der Waals surface area contributed by atoms with Crippen LogP contribution in [0.2, 0.25) is 0 Å². The van der Waals surface area contributed by atoms with Crippen molar-refractivity contribution in [3.63, 3.8) is 0 Å². The number of nitrogens with one attached hydrogen (secondary N) is 1. The molecular formula is C16H25N3O2. The summed E-state index contributed by atoms with van der Waals surface area (Å²) < 4.78 is 5.76. The summed E-state index contributed by atoms with van der Waals surface area (Å²) >= 11 is 0. The van der Waals surface area contributed by atoms with Crippen molar-refractivity contribution in [1.82, 2.24) is 9.80 Å². The summed E-state index contributed by atoms with van der Waals surface area (Å²) in [5, 5.41) is 2.95. The first-order chi connectivity index (χ1) is 9.95. The summed E-state index contributed by atoms with van der Waals surface area (Å²) in [6.07, 6.45) is 0.495. The molecule has 1 aliphatic heterocycles. The minimum atomic E-state index is -0.105. The van der Waals surface area contributed by atoms with Crippen molar-refractivity contribution in [2.75, 3.05) is 32.5 Å². The van der Waals surface area contributed by atoms with E-state index in [1.807, 2.05) is 18.2 Å². The lowest BCUT2D eigenvalue weighted by atomic mass is 10.1. The lowest BCUT2D eigenvalue weighted by Gasteiger charge is -2.35. The highest BCUT2D eigenvalue weighted by Crippen LogP contribution is 2.20. The van der Waals surface area contributed by atoms with E-state index in [0.29, 0.717) is 0 Å². The van der Waals surface area contributed by atoms with Crippen LogP contribution in [0.25, 0.3) is 0 Å². The summed E-state index contributed by atoms with van der Waals surface area (Å²) in [5.41, 5.74) is 2.01. The molecule has 0 saturated carbocycles. The second-order valence-corrected chi connectivity index (χ2v) is 5.93. The Bertz CT molecular complexity index is 480. The van der Waals surface area contributed by atoms with Crippen molar-refractivity contribution < 1.29 is 9.53 Å². The average molecular weight is 291 g/mol. The SMILES string of the molecule is C[C@@H]1CN(Cc2ccccc2NC(=O)N(C)C)C[C@@H](C)O1. The number of amides is 2. The molecular weight excluding hydrogens is 266 g/mol. The average Bonchev–Trinajstić information content (AvgIpc) is 2.39. The largest absolute Gasteiger partial charge is 0.373 e. The van der Waals surface area contributed by atoms with Gasteiger partial charge in [-0.25, -0.2) is 4.79 Å². The fraction of sp³-hybridized carbons (Fsp3) is 0.562. The Kier molecular flexibility index (Phi) is 5.20. The molecule has 1 aliphatic rings. The molecule has 2 rings (SSSR count). The molecule has 5 heteroatoms. The van der Waals surface area contributed by atoms with E-state index in [-0.39, 0.29) is 18.2 Å². The first-order valence-corrected chi connectivity index (χ1v) is 7.39. The molecule has 0 aromatic heterocycles. The third kappa shape index (κ3) is 4.44. The lowest BCUT2D eigenvalue weighted by Crippen LogP contribution is -2.44. The van der Waals surface area contributed by atoms with Crippen LogP contribution in [-0.2, 0) is 11.3 Å². The molecule has 0 aliphatic carbocycles. The second kappa shape index (κ2) is 6.91. The molecule has 2 amide bonds. The Labute approximate surface area is 126 Å². The summed E-state index contributed by atoms with van der Waals surface area (Å²) in [4.78, 5) is 15.8. The molecule has 116 valence electrons. The molecule has 1 heterocycles. The van der Waals surface area contributed by atoms with Crippen molar-refractivity contribution in [2.45, 2.75) is 32.6 Å². The summed E-state index contributed by atoms with van der Waals surface area (Å²) in [5.74, 6) is 0. The number of anilines is 1. The van der Waals surface area contributed by atoms with Crippen molar-refractivity contribution >= 4 is 11.7 Å². The molecule has 1 aromatic carbocycles. The van der Waals surface area contributed by atoms with Gasteiger partial charge >= 0.3 is 6.03 Å². The van der Waals surface area contributed by atoms with Gasteiger partial charge in [0.15, 0.2) is 0 Å². The summed E-state index contributed by atoms with van der Waals surface area (Å²) in [6, 6.07) is 7.86. The number of hydrogen-bond acceptors (Lipinski definition) is 3. The Balaban J connectivity index is 2.07. The van der Waals surface area contributed by atoms with Gasteiger partial charge in [0, 0.05) is 39.4 Å². The smallest absolute Gasteiger partial charge is 0.321 e. The molecule has 21 heavy (non-hydrogen) atoms. The first-order valence-electron chi connectivity index (χ1n) is 7.39. The van der Waals surface area contributed by atoms with Gasteiger partial charge in [-0.05, 0) is 25.5 Å². The second-order valence-electron chi connectivity index (χ2n) is 5.93. The van der Waals surface area contributed by atoms with Crippen LogP contribution in [0, 0.1) is 0 Å². The minimum absolute atomic E-state index is 0.105. The topological polar surface area (TPSA) is 44.8 Å². The van der Waals surface area contributed by atoms with Gasteiger partial charge in [0.05, 0.1) is 12.2 Å². The number of ether oxygens (including phenoxy) is 1. The zero-order valence-electron chi connectivity index (χ0n) is 13.3. The number of benzene rings is 1. The van der Waals surface area contributed by atoms with Gasteiger partial charge in [-0.2, -0.15) is 0 Å². The predicted molar refractivity (Wildman–Crippen MR) is 84.4 cm³/mol. The van der Waals surface area contributed by atoms with E-state index in [0.717, 1.165) is 30.9 Å². The fourth-order valence-electron chi connectivity index (χ4n) is 2.66. The number of urea groups is 1. The van der Waals surface area contributed by atoms with E-state index in [1.54, 1.807) is 14.1 Å². The van der Waals surface area contributed by atoms with Gasteiger partial charge in [-0.15, -0.1) is 0 Å². The van der Waals surface area contributed by atoms with Crippen LogP contribution in [-0.4, -0.2) is 55.2 Å². The number of carbonyl (C=O) groups is 1. The first kappa shape index (κ1) is 15.8.